The lowest BCUT2D eigenvalue weighted by Gasteiger charge is -2.08. The van der Waals surface area contributed by atoms with Gasteiger partial charge in [-0.2, -0.15) is 0 Å². The zero-order chi connectivity index (χ0) is 9.97. The minimum absolute atomic E-state index is 0.583. The van der Waals surface area contributed by atoms with E-state index in [1.165, 1.54) is 10.9 Å². The van der Waals surface area contributed by atoms with Crippen LogP contribution in [0.15, 0.2) is 30.7 Å². The van der Waals surface area contributed by atoms with E-state index in [-0.39, 0.29) is 0 Å². The van der Waals surface area contributed by atoms with Crippen LogP contribution in [0.2, 0.25) is 0 Å². The average molecular weight is 186 g/mol. The molecule has 0 bridgehead atoms. The molecule has 1 atom stereocenters. The van der Waals surface area contributed by atoms with E-state index in [0.29, 0.717) is 5.92 Å². The fraction of sp³-hybridized carbons (Fsp3) is 0.333. The zero-order valence-corrected chi connectivity index (χ0v) is 8.57. The molecule has 0 N–H and O–H groups in total. The van der Waals surface area contributed by atoms with Gasteiger partial charge in [-0.25, -0.2) is 0 Å². The van der Waals surface area contributed by atoms with Crippen molar-refractivity contribution in [1.82, 2.24) is 9.97 Å². The molecule has 2 aromatic heterocycles. The van der Waals surface area contributed by atoms with Gasteiger partial charge < -0.3 is 0 Å². The third-order valence-electron chi connectivity index (χ3n) is 2.69. The predicted octanol–water partition coefficient (Wildman–Crippen LogP) is 3.14. The van der Waals surface area contributed by atoms with E-state index in [1.807, 2.05) is 18.5 Å². The summed E-state index contributed by atoms with van der Waals surface area (Å²) in [5.41, 5.74) is 2.28. The Balaban J connectivity index is 2.51. The van der Waals surface area contributed by atoms with E-state index in [9.17, 15) is 0 Å². The Hall–Kier alpha value is -1.44. The van der Waals surface area contributed by atoms with Gasteiger partial charge in [0.2, 0.25) is 0 Å². The summed E-state index contributed by atoms with van der Waals surface area (Å²) < 4.78 is 0. The highest BCUT2D eigenvalue weighted by molar-refractivity contribution is 5.77. The fourth-order valence-corrected chi connectivity index (χ4v) is 1.49. The van der Waals surface area contributed by atoms with Crippen LogP contribution in [0, 0.1) is 0 Å². The summed E-state index contributed by atoms with van der Waals surface area (Å²) in [6.45, 7) is 4.42. The predicted molar refractivity (Wildman–Crippen MR) is 58.2 cm³/mol. The molecule has 72 valence electrons. The smallest absolute Gasteiger partial charge is 0.0885 e. The Morgan fingerprint density at radius 2 is 2.21 bits per heavy atom. The van der Waals surface area contributed by atoms with Gasteiger partial charge in [0.1, 0.15) is 0 Å². The molecule has 0 aromatic carbocycles. The summed E-state index contributed by atoms with van der Waals surface area (Å²) in [4.78, 5) is 8.43. The maximum atomic E-state index is 4.39. The standard InChI is InChI=1S/C12H14N2/c1-3-9(2)11-6-10-4-5-13-8-12(10)14-7-11/h4-9H,3H2,1-2H3. The highest BCUT2D eigenvalue weighted by atomic mass is 14.7. The van der Waals surface area contributed by atoms with Crippen LogP contribution in [0.1, 0.15) is 31.7 Å². The van der Waals surface area contributed by atoms with Gasteiger partial charge in [0, 0.05) is 17.8 Å². The largest absolute Gasteiger partial charge is 0.262 e. The number of aromatic nitrogens is 2. The quantitative estimate of drug-likeness (QED) is 0.720. The molecular weight excluding hydrogens is 172 g/mol. The molecule has 0 aliphatic heterocycles. The third-order valence-corrected chi connectivity index (χ3v) is 2.69. The monoisotopic (exact) mass is 186 g/mol. The maximum Gasteiger partial charge on any atom is 0.0885 e. The van der Waals surface area contributed by atoms with Crippen LogP contribution < -0.4 is 0 Å². The van der Waals surface area contributed by atoms with Crippen LogP contribution in [-0.2, 0) is 0 Å². The maximum absolute atomic E-state index is 4.39. The fourth-order valence-electron chi connectivity index (χ4n) is 1.49. The van der Waals surface area contributed by atoms with E-state index < -0.39 is 0 Å². The molecule has 0 fully saturated rings. The first-order valence-electron chi connectivity index (χ1n) is 5.01. The number of pyridine rings is 2. The van der Waals surface area contributed by atoms with Gasteiger partial charge >= 0.3 is 0 Å². The van der Waals surface area contributed by atoms with Crippen molar-refractivity contribution in [3.05, 3.63) is 36.3 Å². The summed E-state index contributed by atoms with van der Waals surface area (Å²) in [6.07, 6.45) is 6.72. The number of hydrogen-bond acceptors (Lipinski definition) is 2. The lowest BCUT2D eigenvalue weighted by molar-refractivity contribution is 0.731. The molecule has 2 aromatic rings. The van der Waals surface area contributed by atoms with Gasteiger partial charge in [-0.15, -0.1) is 0 Å². The molecule has 0 radical (unpaired) electrons. The highest BCUT2D eigenvalue weighted by Crippen LogP contribution is 2.20. The Morgan fingerprint density at radius 3 is 3.00 bits per heavy atom. The van der Waals surface area contributed by atoms with Gasteiger partial charge in [-0.1, -0.05) is 13.8 Å². The van der Waals surface area contributed by atoms with Gasteiger partial charge in [0.15, 0.2) is 0 Å². The molecule has 0 spiro atoms. The molecule has 2 heterocycles. The molecule has 2 heteroatoms. The second kappa shape index (κ2) is 3.74. The van der Waals surface area contributed by atoms with Crippen molar-refractivity contribution in [2.24, 2.45) is 0 Å². The second-order valence-electron chi connectivity index (χ2n) is 3.65. The molecule has 0 amide bonds. The Kier molecular flexibility index (Phi) is 2.44. The molecule has 0 saturated heterocycles. The van der Waals surface area contributed by atoms with Crippen LogP contribution in [0.4, 0.5) is 0 Å². The summed E-state index contributed by atoms with van der Waals surface area (Å²) in [7, 11) is 0. The van der Waals surface area contributed by atoms with Crippen molar-refractivity contribution in [1.29, 1.82) is 0 Å². The summed E-state index contributed by atoms with van der Waals surface area (Å²) in [6, 6.07) is 4.21. The first-order chi connectivity index (χ1) is 6.81. The normalized spacial score (nSPS) is 13.0. The highest BCUT2D eigenvalue weighted by Gasteiger charge is 2.03. The van der Waals surface area contributed by atoms with E-state index in [4.69, 9.17) is 0 Å². The van der Waals surface area contributed by atoms with Crippen molar-refractivity contribution in [2.45, 2.75) is 26.2 Å². The minimum Gasteiger partial charge on any atom is -0.262 e. The zero-order valence-electron chi connectivity index (χ0n) is 8.57. The molecule has 2 nitrogen and oxygen atoms in total. The molecule has 0 aliphatic rings. The van der Waals surface area contributed by atoms with Crippen molar-refractivity contribution >= 4 is 10.9 Å². The number of nitrogens with zero attached hydrogens (tertiary/aromatic N) is 2. The molecule has 2 rings (SSSR count). The first-order valence-corrected chi connectivity index (χ1v) is 5.01. The van der Waals surface area contributed by atoms with Crippen LogP contribution in [0.3, 0.4) is 0 Å². The van der Waals surface area contributed by atoms with Gasteiger partial charge in [-0.05, 0) is 30.0 Å². The van der Waals surface area contributed by atoms with Gasteiger partial charge in [-0.3, -0.25) is 9.97 Å². The van der Waals surface area contributed by atoms with Crippen molar-refractivity contribution in [3.63, 3.8) is 0 Å². The Bertz CT molecular complexity index is 437. The van der Waals surface area contributed by atoms with Gasteiger partial charge in [0.05, 0.1) is 11.7 Å². The van der Waals surface area contributed by atoms with Crippen LogP contribution in [0.25, 0.3) is 10.9 Å². The lowest BCUT2D eigenvalue weighted by atomic mass is 9.99. The topological polar surface area (TPSA) is 25.8 Å². The second-order valence-corrected chi connectivity index (χ2v) is 3.65. The third kappa shape index (κ3) is 1.60. The van der Waals surface area contributed by atoms with Crippen molar-refractivity contribution < 1.29 is 0 Å². The average Bonchev–Trinajstić information content (AvgIpc) is 2.27. The van der Waals surface area contributed by atoms with Crippen molar-refractivity contribution in [2.75, 3.05) is 0 Å². The molecule has 1 unspecified atom stereocenters. The number of hydrogen-bond donors (Lipinski definition) is 0. The Morgan fingerprint density at radius 1 is 1.36 bits per heavy atom. The van der Waals surface area contributed by atoms with Crippen LogP contribution >= 0.6 is 0 Å². The molecule has 0 aliphatic carbocycles. The SMILES string of the molecule is CCC(C)c1cnc2cnccc2c1. The number of rotatable bonds is 2. The van der Waals surface area contributed by atoms with E-state index in [1.54, 1.807) is 6.20 Å². The molecule has 0 saturated carbocycles. The van der Waals surface area contributed by atoms with Crippen LogP contribution in [0.5, 0.6) is 0 Å². The van der Waals surface area contributed by atoms with Gasteiger partial charge in [0.25, 0.3) is 0 Å². The number of fused-ring (bicyclic) bond motifs is 1. The molecule has 14 heavy (non-hydrogen) atoms. The van der Waals surface area contributed by atoms with E-state index >= 15 is 0 Å². The first kappa shape index (κ1) is 9.13. The minimum atomic E-state index is 0.583. The summed E-state index contributed by atoms with van der Waals surface area (Å²) >= 11 is 0. The molecular formula is C12H14N2. The van der Waals surface area contributed by atoms with Crippen LogP contribution in [-0.4, -0.2) is 9.97 Å². The van der Waals surface area contributed by atoms with E-state index in [0.717, 1.165) is 11.9 Å². The van der Waals surface area contributed by atoms with Crippen molar-refractivity contribution in [3.8, 4) is 0 Å². The Labute approximate surface area is 84.0 Å². The van der Waals surface area contributed by atoms with E-state index in [2.05, 4.69) is 29.9 Å². The summed E-state index contributed by atoms with van der Waals surface area (Å²) in [5, 5.41) is 1.18. The lowest BCUT2D eigenvalue weighted by Crippen LogP contribution is -1.92. The summed E-state index contributed by atoms with van der Waals surface area (Å²) in [5.74, 6) is 0.583.